The maximum absolute atomic E-state index is 6.23. The fourth-order valence-corrected chi connectivity index (χ4v) is 2.22. The van der Waals surface area contributed by atoms with Crippen molar-refractivity contribution >= 4 is 15.9 Å². The molecule has 0 heterocycles. The van der Waals surface area contributed by atoms with Gasteiger partial charge in [0.15, 0.2) is 0 Å². The SMILES string of the molecule is Cc1ccc(C(N)Cc2ccccc2)cc1Br. The molecule has 0 aliphatic carbocycles. The van der Waals surface area contributed by atoms with E-state index < -0.39 is 0 Å². The molecule has 0 saturated carbocycles. The summed E-state index contributed by atoms with van der Waals surface area (Å²) in [7, 11) is 0. The molecule has 1 atom stereocenters. The molecule has 0 spiro atoms. The minimum absolute atomic E-state index is 0.0503. The van der Waals surface area contributed by atoms with Crippen LogP contribution < -0.4 is 5.73 Å². The standard InChI is InChI=1S/C15H16BrN/c1-11-7-8-13(10-14(11)16)15(17)9-12-5-3-2-4-6-12/h2-8,10,15H,9,17H2,1H3. The monoisotopic (exact) mass is 289 g/mol. The number of hydrogen-bond donors (Lipinski definition) is 1. The van der Waals surface area contributed by atoms with Gasteiger partial charge in [-0.3, -0.25) is 0 Å². The summed E-state index contributed by atoms with van der Waals surface area (Å²) in [6.07, 6.45) is 0.871. The molecule has 2 aromatic carbocycles. The predicted molar refractivity (Wildman–Crippen MR) is 76.0 cm³/mol. The highest BCUT2D eigenvalue weighted by Crippen LogP contribution is 2.22. The van der Waals surface area contributed by atoms with Crippen LogP contribution in [0.25, 0.3) is 0 Å². The highest BCUT2D eigenvalue weighted by Gasteiger charge is 2.08. The van der Waals surface area contributed by atoms with E-state index >= 15 is 0 Å². The Balaban J connectivity index is 2.14. The molecule has 88 valence electrons. The van der Waals surface area contributed by atoms with Crippen LogP contribution in [-0.4, -0.2) is 0 Å². The highest BCUT2D eigenvalue weighted by molar-refractivity contribution is 9.10. The number of aryl methyl sites for hydroxylation is 1. The summed E-state index contributed by atoms with van der Waals surface area (Å²) in [6.45, 7) is 2.08. The predicted octanol–water partition coefficient (Wildman–Crippen LogP) is 4.00. The van der Waals surface area contributed by atoms with E-state index in [1.54, 1.807) is 0 Å². The van der Waals surface area contributed by atoms with Crippen molar-refractivity contribution in [2.45, 2.75) is 19.4 Å². The average molecular weight is 290 g/mol. The molecule has 2 N–H and O–H groups in total. The van der Waals surface area contributed by atoms with Gasteiger partial charge in [0.1, 0.15) is 0 Å². The van der Waals surface area contributed by atoms with Crippen molar-refractivity contribution in [3.63, 3.8) is 0 Å². The Bertz CT molecular complexity index is 494. The van der Waals surface area contributed by atoms with Crippen LogP contribution in [0.2, 0.25) is 0 Å². The number of rotatable bonds is 3. The zero-order chi connectivity index (χ0) is 12.3. The van der Waals surface area contributed by atoms with Gasteiger partial charge in [0.2, 0.25) is 0 Å². The summed E-state index contributed by atoms with van der Waals surface area (Å²) in [4.78, 5) is 0. The van der Waals surface area contributed by atoms with E-state index in [1.165, 1.54) is 16.7 Å². The molecule has 0 aromatic heterocycles. The van der Waals surface area contributed by atoms with Crippen LogP contribution in [0.15, 0.2) is 53.0 Å². The molecule has 0 radical (unpaired) electrons. The lowest BCUT2D eigenvalue weighted by Gasteiger charge is -2.13. The summed E-state index contributed by atoms with van der Waals surface area (Å²) in [5.41, 5.74) is 9.91. The van der Waals surface area contributed by atoms with Crippen LogP contribution in [0.5, 0.6) is 0 Å². The van der Waals surface area contributed by atoms with Gasteiger partial charge in [0.25, 0.3) is 0 Å². The maximum Gasteiger partial charge on any atom is 0.0336 e. The summed E-state index contributed by atoms with van der Waals surface area (Å²) in [5.74, 6) is 0. The summed E-state index contributed by atoms with van der Waals surface area (Å²) < 4.78 is 1.12. The molecule has 0 saturated heterocycles. The molecule has 2 aromatic rings. The third-order valence-corrected chi connectivity index (χ3v) is 3.78. The topological polar surface area (TPSA) is 26.0 Å². The minimum Gasteiger partial charge on any atom is -0.324 e. The first-order valence-electron chi connectivity index (χ1n) is 5.72. The zero-order valence-electron chi connectivity index (χ0n) is 9.86. The van der Waals surface area contributed by atoms with Crippen LogP contribution in [0.1, 0.15) is 22.7 Å². The summed E-state index contributed by atoms with van der Waals surface area (Å²) in [5, 5.41) is 0. The van der Waals surface area contributed by atoms with Crippen molar-refractivity contribution in [2.75, 3.05) is 0 Å². The van der Waals surface area contributed by atoms with Crippen molar-refractivity contribution in [1.82, 2.24) is 0 Å². The number of halogens is 1. The first kappa shape index (κ1) is 12.3. The molecule has 0 amide bonds. The Kier molecular flexibility index (Phi) is 3.97. The normalized spacial score (nSPS) is 12.4. The molecule has 0 fully saturated rings. The van der Waals surface area contributed by atoms with Gasteiger partial charge in [-0.1, -0.05) is 58.4 Å². The minimum atomic E-state index is 0.0503. The van der Waals surface area contributed by atoms with Gasteiger partial charge in [0, 0.05) is 10.5 Å². The Morgan fingerprint density at radius 1 is 1.12 bits per heavy atom. The number of hydrogen-bond acceptors (Lipinski definition) is 1. The van der Waals surface area contributed by atoms with Gasteiger partial charge >= 0.3 is 0 Å². The second-order valence-corrected chi connectivity index (χ2v) is 5.16. The molecule has 2 heteroatoms. The van der Waals surface area contributed by atoms with Crippen LogP contribution in [-0.2, 0) is 6.42 Å². The first-order chi connectivity index (χ1) is 8.16. The fourth-order valence-electron chi connectivity index (χ4n) is 1.83. The van der Waals surface area contributed by atoms with Crippen LogP contribution in [0, 0.1) is 6.92 Å². The highest BCUT2D eigenvalue weighted by atomic mass is 79.9. The first-order valence-corrected chi connectivity index (χ1v) is 6.51. The lowest BCUT2D eigenvalue weighted by atomic mass is 9.99. The average Bonchev–Trinajstić information content (AvgIpc) is 2.34. The van der Waals surface area contributed by atoms with Crippen molar-refractivity contribution in [1.29, 1.82) is 0 Å². The van der Waals surface area contributed by atoms with E-state index in [0.717, 1.165) is 10.9 Å². The maximum atomic E-state index is 6.23. The van der Waals surface area contributed by atoms with Crippen LogP contribution >= 0.6 is 15.9 Å². The van der Waals surface area contributed by atoms with Crippen molar-refractivity contribution in [3.05, 3.63) is 69.7 Å². The van der Waals surface area contributed by atoms with Gasteiger partial charge < -0.3 is 5.73 Å². The van der Waals surface area contributed by atoms with E-state index in [-0.39, 0.29) is 6.04 Å². The zero-order valence-corrected chi connectivity index (χ0v) is 11.4. The lowest BCUT2D eigenvalue weighted by Crippen LogP contribution is -2.13. The number of benzene rings is 2. The molecule has 17 heavy (non-hydrogen) atoms. The van der Waals surface area contributed by atoms with Gasteiger partial charge in [-0.25, -0.2) is 0 Å². The van der Waals surface area contributed by atoms with Gasteiger partial charge in [-0.05, 0) is 36.1 Å². The summed E-state index contributed by atoms with van der Waals surface area (Å²) in [6, 6.07) is 16.7. The third kappa shape index (κ3) is 3.18. The molecule has 0 bridgehead atoms. The van der Waals surface area contributed by atoms with Crippen molar-refractivity contribution in [2.24, 2.45) is 5.73 Å². The molecule has 0 aliphatic heterocycles. The Morgan fingerprint density at radius 2 is 1.82 bits per heavy atom. The van der Waals surface area contributed by atoms with Crippen molar-refractivity contribution < 1.29 is 0 Å². The second kappa shape index (κ2) is 5.48. The van der Waals surface area contributed by atoms with E-state index in [9.17, 15) is 0 Å². The Hall–Kier alpha value is -1.12. The molecule has 2 rings (SSSR count). The largest absolute Gasteiger partial charge is 0.324 e. The van der Waals surface area contributed by atoms with E-state index in [1.807, 2.05) is 18.2 Å². The smallest absolute Gasteiger partial charge is 0.0336 e. The van der Waals surface area contributed by atoms with Crippen LogP contribution in [0.4, 0.5) is 0 Å². The third-order valence-electron chi connectivity index (χ3n) is 2.92. The molecular weight excluding hydrogens is 274 g/mol. The van der Waals surface area contributed by atoms with Gasteiger partial charge in [0.05, 0.1) is 0 Å². The number of nitrogens with two attached hydrogens (primary N) is 1. The lowest BCUT2D eigenvalue weighted by molar-refractivity contribution is 0.721. The van der Waals surface area contributed by atoms with E-state index in [0.29, 0.717) is 0 Å². The second-order valence-electron chi connectivity index (χ2n) is 4.30. The molecule has 1 unspecified atom stereocenters. The van der Waals surface area contributed by atoms with Crippen molar-refractivity contribution in [3.8, 4) is 0 Å². The van der Waals surface area contributed by atoms with E-state index in [4.69, 9.17) is 5.73 Å². The van der Waals surface area contributed by atoms with E-state index in [2.05, 4.69) is 53.2 Å². The summed E-state index contributed by atoms with van der Waals surface area (Å²) >= 11 is 3.54. The molecule has 0 aliphatic rings. The van der Waals surface area contributed by atoms with Gasteiger partial charge in [-0.2, -0.15) is 0 Å². The Labute approximate surface area is 111 Å². The molecular formula is C15H16BrN. The Morgan fingerprint density at radius 3 is 2.47 bits per heavy atom. The van der Waals surface area contributed by atoms with Gasteiger partial charge in [-0.15, -0.1) is 0 Å². The molecule has 1 nitrogen and oxygen atoms in total. The fraction of sp³-hybridized carbons (Fsp3) is 0.200. The quantitative estimate of drug-likeness (QED) is 0.908. The van der Waals surface area contributed by atoms with Crippen LogP contribution in [0.3, 0.4) is 0 Å².